The molecule has 1 saturated carbocycles. The number of nitrogens with two attached hydrogens (primary N) is 1. The number of rotatable bonds is 12. The average molecular weight is 644 g/mol. The lowest BCUT2D eigenvalue weighted by Gasteiger charge is -2.46. The number of carbonyl (C=O) groups is 5. The number of benzene rings is 1. The van der Waals surface area contributed by atoms with Gasteiger partial charge in [0.05, 0.1) is 19.8 Å². The number of aromatic hydroxyl groups is 1. The molecular formula is C32H41N3O11. The van der Waals surface area contributed by atoms with E-state index in [2.05, 4.69) is 0 Å². The van der Waals surface area contributed by atoms with E-state index in [1.807, 2.05) is 4.90 Å². The number of hydrogen-bond donors (Lipinski definition) is 5. The second-order valence-corrected chi connectivity index (χ2v) is 12.2. The Bertz CT molecular complexity index is 1510. The zero-order chi connectivity index (χ0) is 34.1. The molecule has 0 unspecified atom stereocenters. The summed E-state index contributed by atoms with van der Waals surface area (Å²) in [5, 5.41) is 45.6. The summed E-state index contributed by atoms with van der Waals surface area (Å²) in [7, 11) is 6.17. The van der Waals surface area contributed by atoms with Crippen LogP contribution in [0.2, 0.25) is 0 Å². The van der Waals surface area contributed by atoms with Gasteiger partial charge in [-0.15, -0.1) is 0 Å². The van der Waals surface area contributed by atoms with Crippen molar-refractivity contribution < 1.29 is 53.9 Å². The van der Waals surface area contributed by atoms with E-state index in [9.17, 15) is 44.4 Å². The van der Waals surface area contributed by atoms with Gasteiger partial charge in [0, 0.05) is 62.6 Å². The third-order valence-electron chi connectivity index (χ3n) is 9.16. The Morgan fingerprint density at radius 1 is 1.00 bits per heavy atom. The van der Waals surface area contributed by atoms with Crippen molar-refractivity contribution in [1.29, 1.82) is 0 Å². The maximum absolute atomic E-state index is 13.9. The van der Waals surface area contributed by atoms with Crippen molar-refractivity contribution in [3.8, 4) is 5.75 Å². The number of nitrogens with zero attached hydrogens (tertiary/aromatic N) is 2. The average Bonchev–Trinajstić information content (AvgIpc) is 2.99. The molecule has 0 saturated heterocycles. The number of ether oxygens (including phenoxy) is 2. The Labute approximate surface area is 266 Å². The first-order valence-electron chi connectivity index (χ1n) is 15.1. The molecule has 0 heterocycles. The van der Waals surface area contributed by atoms with E-state index in [4.69, 9.17) is 15.2 Å². The highest BCUT2D eigenvalue weighted by Gasteiger charge is 2.60. The molecular weight excluding hydrogens is 602 g/mol. The zero-order valence-corrected chi connectivity index (χ0v) is 26.4. The van der Waals surface area contributed by atoms with Crippen LogP contribution in [0.5, 0.6) is 5.75 Å². The summed E-state index contributed by atoms with van der Waals surface area (Å²) in [4.78, 5) is 65.6. The van der Waals surface area contributed by atoms with E-state index in [1.54, 1.807) is 25.1 Å². The van der Waals surface area contributed by atoms with Crippen LogP contribution in [-0.2, 0) is 46.4 Å². The van der Waals surface area contributed by atoms with Crippen LogP contribution < -0.4 is 10.6 Å². The highest BCUT2D eigenvalue weighted by Crippen LogP contribution is 2.53. The second-order valence-electron chi connectivity index (χ2n) is 12.2. The van der Waals surface area contributed by atoms with Crippen molar-refractivity contribution in [3.05, 3.63) is 39.7 Å². The van der Waals surface area contributed by atoms with Crippen LogP contribution in [0, 0.1) is 11.8 Å². The molecule has 0 bridgehead atoms. The number of fused-ring (bicyclic) bond motifs is 3. The predicted molar refractivity (Wildman–Crippen MR) is 163 cm³/mol. The number of ketones is 2. The molecule has 3 aliphatic carbocycles. The normalized spacial score (nSPS) is 22.3. The third kappa shape index (κ3) is 6.18. The predicted octanol–water partition coefficient (Wildman–Crippen LogP) is 1.20. The molecule has 6 N–H and O–H groups in total. The van der Waals surface area contributed by atoms with E-state index in [-0.39, 0.29) is 61.1 Å². The van der Waals surface area contributed by atoms with E-state index in [0.29, 0.717) is 42.7 Å². The number of esters is 2. The summed E-state index contributed by atoms with van der Waals surface area (Å²) >= 11 is 0. The van der Waals surface area contributed by atoms with Crippen molar-refractivity contribution in [2.24, 2.45) is 17.6 Å². The van der Waals surface area contributed by atoms with Crippen LogP contribution in [-0.4, -0.2) is 102 Å². The van der Waals surface area contributed by atoms with Crippen molar-refractivity contribution in [2.75, 3.05) is 46.3 Å². The minimum absolute atomic E-state index is 0.00241. The molecule has 3 atom stereocenters. The fourth-order valence-electron chi connectivity index (χ4n) is 6.85. The smallest absolute Gasteiger partial charge is 0.305 e. The third-order valence-corrected chi connectivity index (χ3v) is 9.16. The number of aliphatic hydroxyl groups is 3. The van der Waals surface area contributed by atoms with Gasteiger partial charge < -0.3 is 40.5 Å². The minimum Gasteiger partial charge on any atom is -0.508 e. The van der Waals surface area contributed by atoms with Gasteiger partial charge in [0.25, 0.3) is 5.91 Å². The van der Waals surface area contributed by atoms with Gasteiger partial charge >= 0.3 is 11.9 Å². The number of amides is 1. The Kier molecular flexibility index (Phi) is 10.1. The van der Waals surface area contributed by atoms with Gasteiger partial charge in [-0.2, -0.15) is 0 Å². The maximum Gasteiger partial charge on any atom is 0.305 e. The molecule has 1 aromatic carbocycles. The Morgan fingerprint density at radius 3 is 2.11 bits per heavy atom. The summed E-state index contributed by atoms with van der Waals surface area (Å²) in [5.74, 6) is -7.58. The van der Waals surface area contributed by atoms with Gasteiger partial charge in [0.1, 0.15) is 22.8 Å². The molecule has 1 fully saturated rings. The molecule has 3 aliphatic rings. The molecule has 250 valence electrons. The topological polar surface area (TPSA) is 217 Å². The van der Waals surface area contributed by atoms with Crippen LogP contribution in [0.1, 0.15) is 55.2 Å². The van der Waals surface area contributed by atoms with Crippen LogP contribution in [0.4, 0.5) is 5.69 Å². The lowest BCUT2D eigenvalue weighted by atomic mass is 9.59. The van der Waals surface area contributed by atoms with E-state index in [1.165, 1.54) is 14.2 Å². The van der Waals surface area contributed by atoms with Crippen molar-refractivity contribution >= 4 is 40.9 Å². The molecule has 0 aliphatic heterocycles. The monoisotopic (exact) mass is 643 g/mol. The lowest BCUT2D eigenvalue weighted by molar-refractivity contribution is -0.147. The standard InChI is InChI=1S/C32H41N3O11/c1-34(2)20-13-17(15-35(9-5-7-22(37)45-3)10-6-8-23(38)46-4)27(39)25-19(20)12-16-11-18-14-21(36)26(31(33)43)30(42)32(18,44)29(41)24(16)28(25)40/h13,16,18,39-40,42,44H,5-12,14-15H2,1-4H3,(H2,33,43)/t16-,18+,32+/m1/s1. The van der Waals surface area contributed by atoms with Gasteiger partial charge in [-0.1, -0.05) is 0 Å². The van der Waals surface area contributed by atoms with E-state index in [0.717, 1.165) is 0 Å². The molecule has 0 aromatic heterocycles. The first kappa shape index (κ1) is 34.4. The van der Waals surface area contributed by atoms with Crippen LogP contribution in [0.15, 0.2) is 23.0 Å². The lowest BCUT2D eigenvalue weighted by Crippen LogP contribution is -2.58. The number of aliphatic hydroxyl groups excluding tert-OH is 2. The van der Waals surface area contributed by atoms with Gasteiger partial charge in [-0.05, 0) is 56.3 Å². The SMILES string of the molecule is COC(=O)CCCN(CCCC(=O)OC)Cc1cc(N(C)C)c2c(c1O)C(O)=C1C(=O)[C@]3(O)C(O)=C(C(N)=O)C(=O)C[C@@H]3C[C@@H]1C2. The first-order chi connectivity index (χ1) is 21.7. The number of anilines is 1. The van der Waals surface area contributed by atoms with Gasteiger partial charge in [-0.25, -0.2) is 0 Å². The molecule has 46 heavy (non-hydrogen) atoms. The van der Waals surface area contributed by atoms with Gasteiger partial charge in [0.15, 0.2) is 11.4 Å². The molecule has 14 nitrogen and oxygen atoms in total. The Balaban J connectivity index is 1.77. The highest BCUT2D eigenvalue weighted by molar-refractivity contribution is 6.22. The molecule has 4 rings (SSSR count). The molecule has 1 aromatic rings. The number of phenolic OH excluding ortho intramolecular Hbond substituents is 1. The number of carbonyl (C=O) groups excluding carboxylic acids is 5. The number of phenols is 1. The molecule has 0 radical (unpaired) electrons. The van der Waals surface area contributed by atoms with Crippen molar-refractivity contribution in [3.63, 3.8) is 0 Å². The van der Waals surface area contributed by atoms with Gasteiger partial charge in [-0.3, -0.25) is 28.9 Å². The number of Topliss-reactive ketones (excluding diaryl/α,β-unsaturated/α-hetero) is 2. The van der Waals surface area contributed by atoms with Crippen LogP contribution in [0.3, 0.4) is 0 Å². The van der Waals surface area contributed by atoms with E-state index < -0.39 is 58.4 Å². The fourth-order valence-corrected chi connectivity index (χ4v) is 6.85. The van der Waals surface area contributed by atoms with Crippen molar-refractivity contribution in [1.82, 2.24) is 4.90 Å². The maximum atomic E-state index is 13.9. The highest BCUT2D eigenvalue weighted by atomic mass is 16.5. The van der Waals surface area contributed by atoms with Gasteiger partial charge in [0.2, 0.25) is 5.78 Å². The quantitative estimate of drug-likeness (QED) is 0.160. The Morgan fingerprint density at radius 2 is 1.59 bits per heavy atom. The van der Waals surface area contributed by atoms with Crippen molar-refractivity contribution in [2.45, 2.75) is 57.1 Å². The van der Waals surface area contributed by atoms with Crippen LogP contribution >= 0.6 is 0 Å². The van der Waals surface area contributed by atoms with E-state index >= 15 is 0 Å². The summed E-state index contributed by atoms with van der Waals surface area (Å²) in [6.45, 7) is 0.985. The summed E-state index contributed by atoms with van der Waals surface area (Å²) in [5.41, 5.74) is 3.16. The minimum atomic E-state index is -2.65. The number of hydrogen-bond acceptors (Lipinski definition) is 13. The first-order valence-corrected chi connectivity index (χ1v) is 15.1. The summed E-state index contributed by atoms with van der Waals surface area (Å²) in [6.07, 6.45) is 1.02. The number of methoxy groups -OCH3 is 2. The second kappa shape index (κ2) is 13.5. The molecule has 14 heteroatoms. The summed E-state index contributed by atoms with van der Waals surface area (Å²) < 4.78 is 9.47. The summed E-state index contributed by atoms with van der Waals surface area (Å²) in [6, 6.07) is 1.78. The largest absolute Gasteiger partial charge is 0.508 e. The number of primary amides is 1. The fraction of sp³-hybridized carbons (Fsp3) is 0.531. The molecule has 0 spiro atoms. The molecule has 1 amide bonds. The zero-order valence-electron chi connectivity index (χ0n) is 26.4. The Hall–Kier alpha value is -4.43. The van der Waals surface area contributed by atoms with Crippen LogP contribution in [0.25, 0.3) is 5.76 Å².